The maximum Gasteiger partial charge on any atom is 0.255 e. The van der Waals surface area contributed by atoms with Crippen LogP contribution >= 0.6 is 22.9 Å². The van der Waals surface area contributed by atoms with Crippen molar-refractivity contribution in [1.82, 2.24) is 14.9 Å². The number of carbonyl (C=O) groups excluding carboxylic acids is 1. The molecular weight excluding hydrogens is 346 g/mol. The fourth-order valence-corrected chi connectivity index (χ4v) is 3.01. The molecule has 0 aromatic carbocycles. The van der Waals surface area contributed by atoms with Gasteiger partial charge in [-0.05, 0) is 31.2 Å². The van der Waals surface area contributed by atoms with E-state index in [1.54, 1.807) is 33.9 Å². The van der Waals surface area contributed by atoms with E-state index in [1.165, 1.54) is 6.20 Å². The lowest BCUT2D eigenvalue weighted by Crippen LogP contribution is -2.32. The first-order valence-corrected chi connectivity index (χ1v) is 8.77. The van der Waals surface area contributed by atoms with Gasteiger partial charge in [0.2, 0.25) is 0 Å². The number of rotatable bonds is 6. The Morgan fingerprint density at radius 2 is 2.17 bits per heavy atom. The molecule has 3 aromatic rings. The van der Waals surface area contributed by atoms with Gasteiger partial charge in [-0.3, -0.25) is 4.79 Å². The van der Waals surface area contributed by atoms with Gasteiger partial charge >= 0.3 is 0 Å². The van der Waals surface area contributed by atoms with Gasteiger partial charge in [-0.15, -0.1) is 11.3 Å². The summed E-state index contributed by atoms with van der Waals surface area (Å²) in [6.45, 7) is 2.83. The molecule has 124 valence electrons. The summed E-state index contributed by atoms with van der Waals surface area (Å²) >= 11 is 7.35. The number of carbonyl (C=O) groups is 1. The van der Waals surface area contributed by atoms with Crippen LogP contribution in [0.15, 0.2) is 45.8 Å². The van der Waals surface area contributed by atoms with E-state index >= 15 is 0 Å². The molecule has 0 atom stereocenters. The molecule has 0 aliphatic rings. The van der Waals surface area contributed by atoms with Gasteiger partial charge in [-0.25, -0.2) is 9.97 Å². The number of thiazole rings is 1. The van der Waals surface area contributed by atoms with Crippen molar-refractivity contribution in [2.75, 3.05) is 6.54 Å². The Morgan fingerprint density at radius 1 is 1.29 bits per heavy atom. The minimum Gasteiger partial charge on any atom is -0.464 e. The van der Waals surface area contributed by atoms with E-state index in [4.69, 9.17) is 16.0 Å². The first-order valence-electron chi connectivity index (χ1n) is 7.45. The highest BCUT2D eigenvalue weighted by Crippen LogP contribution is 2.15. The van der Waals surface area contributed by atoms with E-state index in [-0.39, 0.29) is 5.91 Å². The largest absolute Gasteiger partial charge is 0.464 e. The van der Waals surface area contributed by atoms with Crippen LogP contribution in [0.3, 0.4) is 0 Å². The number of aryl methyl sites for hydroxylation is 1. The van der Waals surface area contributed by atoms with Crippen molar-refractivity contribution in [3.05, 3.63) is 69.3 Å². The van der Waals surface area contributed by atoms with Gasteiger partial charge < -0.3 is 9.32 Å². The molecule has 5 nitrogen and oxygen atoms in total. The molecule has 3 heterocycles. The minimum atomic E-state index is -0.108. The van der Waals surface area contributed by atoms with Crippen LogP contribution in [0.4, 0.5) is 0 Å². The molecule has 24 heavy (non-hydrogen) atoms. The third kappa shape index (κ3) is 4.21. The van der Waals surface area contributed by atoms with Gasteiger partial charge in [-0.2, -0.15) is 0 Å². The van der Waals surface area contributed by atoms with Crippen LogP contribution in [-0.2, 0) is 13.0 Å². The number of hydrogen-bond donors (Lipinski definition) is 0. The number of hydrogen-bond acceptors (Lipinski definition) is 5. The Balaban J connectivity index is 1.77. The smallest absolute Gasteiger partial charge is 0.255 e. The number of furan rings is 1. The number of halogens is 1. The van der Waals surface area contributed by atoms with Crippen molar-refractivity contribution in [2.24, 2.45) is 0 Å². The Labute approximate surface area is 148 Å². The molecule has 3 aromatic heterocycles. The predicted molar refractivity (Wildman–Crippen MR) is 93.3 cm³/mol. The van der Waals surface area contributed by atoms with Gasteiger partial charge in [0.25, 0.3) is 5.91 Å². The van der Waals surface area contributed by atoms with Gasteiger partial charge in [0, 0.05) is 24.5 Å². The maximum absolute atomic E-state index is 12.8. The molecule has 0 N–H and O–H groups in total. The van der Waals surface area contributed by atoms with Gasteiger partial charge in [-0.1, -0.05) is 11.6 Å². The normalized spacial score (nSPS) is 10.8. The van der Waals surface area contributed by atoms with Gasteiger partial charge in [0.1, 0.15) is 16.7 Å². The van der Waals surface area contributed by atoms with E-state index in [1.807, 2.05) is 24.4 Å². The Hall–Kier alpha value is -2.18. The van der Waals surface area contributed by atoms with Gasteiger partial charge in [0.15, 0.2) is 0 Å². The summed E-state index contributed by atoms with van der Waals surface area (Å²) in [4.78, 5) is 22.8. The van der Waals surface area contributed by atoms with Crippen molar-refractivity contribution in [1.29, 1.82) is 0 Å². The standard InChI is InChI=1S/C17H16ClN3O2S/c1-12-2-4-15(23-12)9-21(7-6-14-10-24-11-20-14)17(22)13-3-5-16(18)19-8-13/h2-5,8,10-11H,6-7,9H2,1H3. The Morgan fingerprint density at radius 3 is 2.79 bits per heavy atom. The second-order valence-corrected chi connectivity index (χ2v) is 6.44. The third-order valence-corrected chi connectivity index (χ3v) is 4.38. The van der Waals surface area contributed by atoms with Crippen LogP contribution < -0.4 is 0 Å². The molecular formula is C17H16ClN3O2S. The van der Waals surface area contributed by atoms with E-state index in [0.29, 0.717) is 30.2 Å². The summed E-state index contributed by atoms with van der Waals surface area (Å²) in [6.07, 6.45) is 2.18. The fourth-order valence-electron chi connectivity index (χ4n) is 2.31. The van der Waals surface area contributed by atoms with Crippen molar-refractivity contribution >= 4 is 28.8 Å². The van der Waals surface area contributed by atoms with E-state index < -0.39 is 0 Å². The molecule has 0 aliphatic heterocycles. The predicted octanol–water partition coefficient (Wildman–Crippen LogP) is 3.98. The van der Waals surface area contributed by atoms with Crippen molar-refractivity contribution in [3.63, 3.8) is 0 Å². The summed E-state index contributed by atoms with van der Waals surface area (Å²) in [5, 5.41) is 2.35. The van der Waals surface area contributed by atoms with Crippen LogP contribution in [0.25, 0.3) is 0 Å². The zero-order chi connectivity index (χ0) is 16.9. The SMILES string of the molecule is Cc1ccc(CN(CCc2cscn2)C(=O)c2ccc(Cl)nc2)o1. The van der Waals surface area contributed by atoms with Crippen molar-refractivity contribution in [3.8, 4) is 0 Å². The van der Waals surface area contributed by atoms with Crippen LogP contribution in [0.1, 0.15) is 27.6 Å². The molecule has 0 unspecified atom stereocenters. The number of nitrogens with zero attached hydrogens (tertiary/aromatic N) is 3. The third-order valence-electron chi connectivity index (χ3n) is 3.53. The zero-order valence-electron chi connectivity index (χ0n) is 13.1. The second-order valence-electron chi connectivity index (χ2n) is 5.34. The molecule has 3 rings (SSSR count). The summed E-state index contributed by atoms with van der Waals surface area (Å²) < 4.78 is 5.61. The zero-order valence-corrected chi connectivity index (χ0v) is 14.7. The van der Waals surface area contributed by atoms with E-state index in [9.17, 15) is 4.79 Å². The highest BCUT2D eigenvalue weighted by atomic mass is 35.5. The molecule has 7 heteroatoms. The van der Waals surface area contributed by atoms with Gasteiger partial charge in [0.05, 0.1) is 23.3 Å². The lowest BCUT2D eigenvalue weighted by molar-refractivity contribution is 0.0732. The number of amides is 1. The average Bonchev–Trinajstić information content (AvgIpc) is 3.23. The van der Waals surface area contributed by atoms with Crippen molar-refractivity contribution < 1.29 is 9.21 Å². The first kappa shape index (κ1) is 16.7. The van der Waals surface area contributed by atoms with Crippen LogP contribution in [0.2, 0.25) is 5.15 Å². The monoisotopic (exact) mass is 361 g/mol. The van der Waals surface area contributed by atoms with Crippen LogP contribution in [0, 0.1) is 6.92 Å². The maximum atomic E-state index is 12.8. The lowest BCUT2D eigenvalue weighted by Gasteiger charge is -2.21. The quantitative estimate of drug-likeness (QED) is 0.623. The molecule has 0 bridgehead atoms. The summed E-state index contributed by atoms with van der Waals surface area (Å²) in [6, 6.07) is 7.08. The lowest BCUT2D eigenvalue weighted by atomic mass is 10.2. The van der Waals surface area contributed by atoms with Crippen molar-refractivity contribution in [2.45, 2.75) is 19.9 Å². The number of pyridine rings is 1. The summed E-state index contributed by atoms with van der Waals surface area (Å²) in [5.41, 5.74) is 3.27. The highest BCUT2D eigenvalue weighted by Gasteiger charge is 2.18. The first-order chi connectivity index (χ1) is 11.6. The molecule has 0 aliphatic carbocycles. The molecule has 0 saturated heterocycles. The Kier molecular flexibility index (Phi) is 5.27. The minimum absolute atomic E-state index is 0.108. The molecule has 0 saturated carbocycles. The molecule has 1 amide bonds. The van der Waals surface area contributed by atoms with E-state index in [2.05, 4.69) is 9.97 Å². The highest BCUT2D eigenvalue weighted by molar-refractivity contribution is 7.07. The molecule has 0 radical (unpaired) electrons. The van der Waals surface area contributed by atoms with E-state index in [0.717, 1.165) is 17.2 Å². The second kappa shape index (κ2) is 7.59. The van der Waals surface area contributed by atoms with Crippen LogP contribution in [0.5, 0.6) is 0 Å². The molecule has 0 spiro atoms. The van der Waals surface area contributed by atoms with Crippen LogP contribution in [-0.4, -0.2) is 27.3 Å². The topological polar surface area (TPSA) is 59.2 Å². The average molecular weight is 362 g/mol. The fraction of sp³-hybridized carbons (Fsp3) is 0.235. The summed E-state index contributed by atoms with van der Waals surface area (Å²) in [7, 11) is 0. The Bertz CT molecular complexity index is 800. The summed E-state index contributed by atoms with van der Waals surface area (Å²) in [5.74, 6) is 1.47. The molecule has 0 fully saturated rings. The number of aromatic nitrogens is 2.